The first-order valence-electron chi connectivity index (χ1n) is 9.14. The van der Waals surface area contributed by atoms with Crippen molar-refractivity contribution in [3.8, 4) is 5.75 Å². The molecule has 0 saturated carbocycles. The summed E-state index contributed by atoms with van der Waals surface area (Å²) in [6.45, 7) is 6.21. The number of ether oxygens (including phenoxy) is 2. The molecular formula is C20H26N2O4. The third kappa shape index (κ3) is 4.86. The summed E-state index contributed by atoms with van der Waals surface area (Å²) in [5, 5.41) is 3.03. The minimum atomic E-state index is -0.114. The fraction of sp³-hybridized carbons (Fsp3) is 0.450. The van der Waals surface area contributed by atoms with Gasteiger partial charge in [-0.1, -0.05) is 13.0 Å². The lowest BCUT2D eigenvalue weighted by Gasteiger charge is -2.33. The van der Waals surface area contributed by atoms with Gasteiger partial charge in [0.1, 0.15) is 11.5 Å². The van der Waals surface area contributed by atoms with Gasteiger partial charge in [0, 0.05) is 25.2 Å². The Morgan fingerprint density at radius 3 is 2.85 bits per heavy atom. The van der Waals surface area contributed by atoms with Crippen molar-refractivity contribution in [3.05, 3.63) is 54.0 Å². The van der Waals surface area contributed by atoms with Crippen molar-refractivity contribution in [2.45, 2.75) is 19.4 Å². The van der Waals surface area contributed by atoms with Gasteiger partial charge < -0.3 is 19.2 Å². The summed E-state index contributed by atoms with van der Waals surface area (Å²) < 4.78 is 16.6. The van der Waals surface area contributed by atoms with Crippen LogP contribution in [0.5, 0.6) is 5.75 Å². The first-order chi connectivity index (χ1) is 12.8. The Labute approximate surface area is 154 Å². The van der Waals surface area contributed by atoms with Crippen LogP contribution in [0.1, 0.15) is 35.5 Å². The molecule has 1 aromatic carbocycles. The molecule has 26 heavy (non-hydrogen) atoms. The van der Waals surface area contributed by atoms with Gasteiger partial charge in [0.25, 0.3) is 5.91 Å². The summed E-state index contributed by atoms with van der Waals surface area (Å²) >= 11 is 0. The molecule has 1 amide bonds. The van der Waals surface area contributed by atoms with Crippen LogP contribution in [-0.4, -0.2) is 50.3 Å². The maximum atomic E-state index is 12.6. The Morgan fingerprint density at radius 2 is 2.12 bits per heavy atom. The maximum absolute atomic E-state index is 12.6. The van der Waals surface area contributed by atoms with Gasteiger partial charge in [-0.15, -0.1) is 0 Å². The average Bonchev–Trinajstić information content (AvgIpc) is 3.22. The summed E-state index contributed by atoms with van der Waals surface area (Å²) in [6.07, 6.45) is 2.60. The van der Waals surface area contributed by atoms with Crippen molar-refractivity contribution in [3.63, 3.8) is 0 Å². The van der Waals surface area contributed by atoms with Crippen LogP contribution in [0.25, 0.3) is 0 Å². The first-order valence-corrected chi connectivity index (χ1v) is 9.14. The molecule has 1 N–H and O–H groups in total. The Kier molecular flexibility index (Phi) is 6.68. The number of nitrogens with one attached hydrogen (secondary N) is 1. The summed E-state index contributed by atoms with van der Waals surface area (Å²) in [6, 6.07) is 11.1. The van der Waals surface area contributed by atoms with E-state index in [0.717, 1.165) is 31.0 Å². The standard InChI is InChI=1S/C20H26N2O4/c1-2-10-25-17-6-3-5-16(14-17)20(23)21-15-18(19-7-4-11-26-19)22-8-12-24-13-9-22/h3-7,11,14,18H,2,8-10,12-13,15H2,1H3,(H,21,23)/t18-/m1/s1. The van der Waals surface area contributed by atoms with E-state index in [1.165, 1.54) is 0 Å². The number of morpholine rings is 1. The average molecular weight is 358 g/mol. The van der Waals surface area contributed by atoms with Gasteiger partial charge in [-0.3, -0.25) is 9.69 Å². The van der Waals surface area contributed by atoms with Crippen LogP contribution >= 0.6 is 0 Å². The van der Waals surface area contributed by atoms with E-state index in [2.05, 4.69) is 17.1 Å². The highest BCUT2D eigenvalue weighted by molar-refractivity contribution is 5.94. The number of carbonyl (C=O) groups excluding carboxylic acids is 1. The van der Waals surface area contributed by atoms with Gasteiger partial charge in [0.15, 0.2) is 0 Å². The summed E-state index contributed by atoms with van der Waals surface area (Å²) in [5.41, 5.74) is 0.596. The molecule has 1 fully saturated rings. The van der Waals surface area contributed by atoms with Crippen molar-refractivity contribution >= 4 is 5.91 Å². The highest BCUT2D eigenvalue weighted by Crippen LogP contribution is 2.22. The van der Waals surface area contributed by atoms with Crippen LogP contribution in [0.15, 0.2) is 47.1 Å². The molecule has 0 bridgehead atoms. The third-order valence-corrected chi connectivity index (χ3v) is 4.38. The fourth-order valence-corrected chi connectivity index (χ4v) is 3.02. The Bertz CT molecular complexity index is 681. The van der Waals surface area contributed by atoms with E-state index in [4.69, 9.17) is 13.9 Å². The van der Waals surface area contributed by atoms with E-state index in [9.17, 15) is 4.79 Å². The van der Waals surface area contributed by atoms with E-state index in [1.54, 1.807) is 18.4 Å². The number of nitrogens with zero attached hydrogens (tertiary/aromatic N) is 1. The number of carbonyl (C=O) groups is 1. The number of benzene rings is 1. The van der Waals surface area contributed by atoms with E-state index in [-0.39, 0.29) is 11.9 Å². The molecule has 2 aromatic rings. The predicted molar refractivity (Wildman–Crippen MR) is 98.4 cm³/mol. The summed E-state index contributed by atoms with van der Waals surface area (Å²) in [4.78, 5) is 14.9. The Balaban J connectivity index is 1.64. The van der Waals surface area contributed by atoms with Gasteiger partial charge in [0.2, 0.25) is 0 Å². The Hall–Kier alpha value is -2.31. The second kappa shape index (κ2) is 9.40. The minimum Gasteiger partial charge on any atom is -0.494 e. The van der Waals surface area contributed by atoms with Crippen LogP contribution in [0.2, 0.25) is 0 Å². The second-order valence-corrected chi connectivity index (χ2v) is 6.27. The predicted octanol–water partition coefficient (Wildman–Crippen LogP) is 2.87. The molecule has 0 unspecified atom stereocenters. The van der Waals surface area contributed by atoms with Gasteiger partial charge in [-0.25, -0.2) is 0 Å². The Morgan fingerprint density at radius 1 is 1.27 bits per heavy atom. The number of rotatable bonds is 8. The lowest BCUT2D eigenvalue weighted by atomic mass is 10.1. The quantitative estimate of drug-likeness (QED) is 0.786. The van der Waals surface area contributed by atoms with Gasteiger partial charge in [-0.2, -0.15) is 0 Å². The SMILES string of the molecule is CCCOc1cccc(C(=O)NC[C@H](c2ccco2)N2CCOCC2)c1. The van der Waals surface area contributed by atoms with Crippen molar-refractivity contribution in [2.75, 3.05) is 39.5 Å². The molecule has 0 radical (unpaired) electrons. The first kappa shape index (κ1) is 18.5. The number of hydrogen-bond donors (Lipinski definition) is 1. The summed E-state index contributed by atoms with van der Waals surface area (Å²) in [5.74, 6) is 1.46. The number of amides is 1. The van der Waals surface area contributed by atoms with Crippen LogP contribution in [0.4, 0.5) is 0 Å². The lowest BCUT2D eigenvalue weighted by molar-refractivity contribution is 0.0118. The normalized spacial score (nSPS) is 16.2. The highest BCUT2D eigenvalue weighted by Gasteiger charge is 2.25. The monoisotopic (exact) mass is 358 g/mol. The molecular weight excluding hydrogens is 332 g/mol. The van der Waals surface area contributed by atoms with Crippen LogP contribution in [0.3, 0.4) is 0 Å². The van der Waals surface area contributed by atoms with Crippen LogP contribution < -0.4 is 10.1 Å². The zero-order valence-corrected chi connectivity index (χ0v) is 15.1. The smallest absolute Gasteiger partial charge is 0.251 e. The van der Waals surface area contributed by atoms with E-state index < -0.39 is 0 Å². The third-order valence-electron chi connectivity index (χ3n) is 4.38. The molecule has 3 rings (SSSR count). The zero-order valence-electron chi connectivity index (χ0n) is 15.1. The van der Waals surface area contributed by atoms with E-state index in [0.29, 0.717) is 31.9 Å². The number of furan rings is 1. The van der Waals surface area contributed by atoms with Crippen molar-refractivity contribution in [1.82, 2.24) is 10.2 Å². The molecule has 2 heterocycles. The van der Waals surface area contributed by atoms with Gasteiger partial charge in [-0.05, 0) is 36.8 Å². The van der Waals surface area contributed by atoms with Crippen molar-refractivity contribution < 1.29 is 18.7 Å². The molecule has 1 saturated heterocycles. The molecule has 1 aromatic heterocycles. The van der Waals surface area contributed by atoms with E-state index in [1.807, 2.05) is 24.3 Å². The largest absolute Gasteiger partial charge is 0.494 e. The molecule has 6 nitrogen and oxygen atoms in total. The topological polar surface area (TPSA) is 63.9 Å². The second-order valence-electron chi connectivity index (χ2n) is 6.27. The van der Waals surface area contributed by atoms with Crippen LogP contribution in [-0.2, 0) is 4.74 Å². The van der Waals surface area contributed by atoms with Gasteiger partial charge in [0.05, 0.1) is 32.1 Å². The maximum Gasteiger partial charge on any atom is 0.251 e. The lowest BCUT2D eigenvalue weighted by Crippen LogP contribution is -2.43. The zero-order chi connectivity index (χ0) is 18.2. The molecule has 1 aliphatic heterocycles. The molecule has 0 spiro atoms. The van der Waals surface area contributed by atoms with Crippen LogP contribution in [0, 0.1) is 0 Å². The molecule has 1 aliphatic rings. The number of hydrogen-bond acceptors (Lipinski definition) is 5. The van der Waals surface area contributed by atoms with Gasteiger partial charge >= 0.3 is 0 Å². The molecule has 140 valence electrons. The summed E-state index contributed by atoms with van der Waals surface area (Å²) in [7, 11) is 0. The van der Waals surface area contributed by atoms with Crippen molar-refractivity contribution in [1.29, 1.82) is 0 Å². The van der Waals surface area contributed by atoms with E-state index >= 15 is 0 Å². The van der Waals surface area contributed by atoms with Crippen molar-refractivity contribution in [2.24, 2.45) is 0 Å². The molecule has 6 heteroatoms. The fourth-order valence-electron chi connectivity index (χ4n) is 3.02. The molecule has 0 aliphatic carbocycles. The highest BCUT2D eigenvalue weighted by atomic mass is 16.5. The minimum absolute atomic E-state index is 0.00243. The molecule has 1 atom stereocenters.